The molecule has 1 aliphatic rings. The molecule has 2 rings (SSSR count). The third-order valence-electron chi connectivity index (χ3n) is 2.77. The van der Waals surface area contributed by atoms with Gasteiger partial charge in [0.25, 0.3) is 0 Å². The number of allylic oxidation sites excluding steroid dienone is 1. The fourth-order valence-electron chi connectivity index (χ4n) is 2.02. The molecule has 0 spiro atoms. The van der Waals surface area contributed by atoms with Gasteiger partial charge in [0.15, 0.2) is 0 Å². The van der Waals surface area contributed by atoms with Crippen LogP contribution in [0.25, 0.3) is 0 Å². The molecule has 5 heteroatoms. The Hall–Kier alpha value is -0.700. The van der Waals surface area contributed by atoms with Gasteiger partial charge in [0, 0.05) is 24.2 Å². The standard InChI is InChI=1S/C14H15Cl3N2/c1-9(2)8-19-5-3-4-13(19)18-14-11(16)6-10(15)7-12(14)17/h6-8H,3-5H2,1-2H3. The highest BCUT2D eigenvalue weighted by atomic mass is 35.5. The topological polar surface area (TPSA) is 15.6 Å². The molecular weight excluding hydrogens is 303 g/mol. The Bertz CT molecular complexity index is 523. The first-order chi connectivity index (χ1) is 8.97. The summed E-state index contributed by atoms with van der Waals surface area (Å²) in [7, 11) is 0. The maximum atomic E-state index is 6.16. The van der Waals surface area contributed by atoms with Gasteiger partial charge in [-0.3, -0.25) is 0 Å². The van der Waals surface area contributed by atoms with Gasteiger partial charge in [-0.25, -0.2) is 4.99 Å². The summed E-state index contributed by atoms with van der Waals surface area (Å²) in [5, 5.41) is 1.48. The fourth-order valence-corrected chi connectivity index (χ4v) is 2.92. The monoisotopic (exact) mass is 316 g/mol. The Labute approximate surface area is 128 Å². The zero-order chi connectivity index (χ0) is 14.0. The summed E-state index contributed by atoms with van der Waals surface area (Å²) in [6, 6.07) is 3.32. The maximum absolute atomic E-state index is 6.16. The minimum Gasteiger partial charge on any atom is -0.337 e. The Morgan fingerprint density at radius 2 is 1.84 bits per heavy atom. The molecule has 0 bridgehead atoms. The van der Waals surface area contributed by atoms with Gasteiger partial charge in [-0.15, -0.1) is 0 Å². The second-order valence-electron chi connectivity index (χ2n) is 4.75. The second-order valence-corrected chi connectivity index (χ2v) is 6.00. The number of hydrogen-bond donors (Lipinski definition) is 0. The summed E-state index contributed by atoms with van der Waals surface area (Å²) in [5.74, 6) is 0.993. The van der Waals surface area contributed by atoms with Crippen molar-refractivity contribution in [3.8, 4) is 0 Å². The van der Waals surface area contributed by atoms with Gasteiger partial charge in [-0.1, -0.05) is 40.4 Å². The summed E-state index contributed by atoms with van der Waals surface area (Å²) in [5.41, 5.74) is 1.83. The van der Waals surface area contributed by atoms with Crippen molar-refractivity contribution in [1.82, 2.24) is 4.90 Å². The Kier molecular flexibility index (Phi) is 4.77. The van der Waals surface area contributed by atoms with Crippen molar-refractivity contribution in [3.63, 3.8) is 0 Å². The van der Waals surface area contributed by atoms with Crippen LogP contribution in [0, 0.1) is 0 Å². The van der Waals surface area contributed by atoms with Gasteiger partial charge in [0.05, 0.1) is 10.0 Å². The van der Waals surface area contributed by atoms with E-state index in [1.54, 1.807) is 12.1 Å². The van der Waals surface area contributed by atoms with Crippen molar-refractivity contribution >= 4 is 46.3 Å². The summed E-state index contributed by atoms with van der Waals surface area (Å²) in [4.78, 5) is 6.76. The molecule has 1 aliphatic heterocycles. The van der Waals surface area contributed by atoms with Gasteiger partial charge in [0.2, 0.25) is 0 Å². The van der Waals surface area contributed by atoms with Crippen molar-refractivity contribution in [1.29, 1.82) is 0 Å². The van der Waals surface area contributed by atoms with E-state index in [2.05, 4.69) is 29.9 Å². The molecule has 0 N–H and O–H groups in total. The van der Waals surface area contributed by atoms with Crippen molar-refractivity contribution in [3.05, 3.63) is 39.0 Å². The predicted octanol–water partition coefficient (Wildman–Crippen LogP) is 5.70. The van der Waals surface area contributed by atoms with Gasteiger partial charge in [-0.2, -0.15) is 0 Å². The number of likely N-dealkylation sites (tertiary alicyclic amines) is 1. The van der Waals surface area contributed by atoms with Gasteiger partial charge >= 0.3 is 0 Å². The number of hydrogen-bond acceptors (Lipinski definition) is 1. The number of halogens is 3. The van der Waals surface area contributed by atoms with E-state index in [1.807, 2.05) is 0 Å². The zero-order valence-electron chi connectivity index (χ0n) is 10.9. The molecule has 1 aromatic rings. The van der Waals surface area contributed by atoms with E-state index in [9.17, 15) is 0 Å². The molecule has 2 nitrogen and oxygen atoms in total. The third-order valence-corrected chi connectivity index (χ3v) is 3.56. The SMILES string of the molecule is CC(C)=CN1CCCC1=Nc1c(Cl)cc(Cl)cc1Cl. The lowest BCUT2D eigenvalue weighted by molar-refractivity contribution is 0.598. The molecule has 0 saturated carbocycles. The van der Waals surface area contributed by atoms with Crippen LogP contribution in [0.2, 0.25) is 15.1 Å². The van der Waals surface area contributed by atoms with E-state index in [-0.39, 0.29) is 0 Å². The van der Waals surface area contributed by atoms with E-state index < -0.39 is 0 Å². The number of amidine groups is 1. The lowest BCUT2D eigenvalue weighted by Crippen LogP contribution is -2.18. The lowest BCUT2D eigenvalue weighted by atomic mass is 10.3. The van der Waals surface area contributed by atoms with Crippen LogP contribution < -0.4 is 0 Å². The van der Waals surface area contributed by atoms with Crippen LogP contribution in [-0.2, 0) is 0 Å². The largest absolute Gasteiger partial charge is 0.337 e. The van der Waals surface area contributed by atoms with Crippen LogP contribution in [0.15, 0.2) is 28.9 Å². The molecule has 0 amide bonds. The summed E-state index contributed by atoms with van der Waals surface area (Å²) in [6.45, 7) is 5.11. The molecule has 0 aliphatic carbocycles. The quantitative estimate of drug-likeness (QED) is 0.683. The van der Waals surface area contributed by atoms with Crippen LogP contribution in [0.4, 0.5) is 5.69 Å². The Morgan fingerprint density at radius 3 is 2.42 bits per heavy atom. The molecular formula is C14H15Cl3N2. The Balaban J connectivity index is 2.38. The molecule has 0 aromatic heterocycles. The first kappa shape index (κ1) is 14.7. The molecule has 0 atom stereocenters. The van der Waals surface area contributed by atoms with E-state index in [0.29, 0.717) is 20.8 Å². The van der Waals surface area contributed by atoms with Gasteiger partial charge in [-0.05, 0) is 32.4 Å². The van der Waals surface area contributed by atoms with E-state index >= 15 is 0 Å². The highest BCUT2D eigenvalue weighted by Crippen LogP contribution is 2.37. The normalized spacial score (nSPS) is 17.1. The number of nitrogens with zero attached hydrogens (tertiary/aromatic N) is 2. The summed E-state index contributed by atoms with van der Waals surface area (Å²) in [6.07, 6.45) is 4.12. The van der Waals surface area contributed by atoms with Crippen molar-refractivity contribution < 1.29 is 0 Å². The lowest BCUT2D eigenvalue weighted by Gasteiger charge is -2.15. The molecule has 19 heavy (non-hydrogen) atoms. The summed E-state index contributed by atoms with van der Waals surface area (Å²) >= 11 is 18.2. The van der Waals surface area contributed by atoms with Crippen molar-refractivity contribution in [2.75, 3.05) is 6.54 Å². The van der Waals surface area contributed by atoms with Crippen LogP contribution in [-0.4, -0.2) is 17.3 Å². The Morgan fingerprint density at radius 1 is 1.21 bits per heavy atom. The minimum atomic E-state index is 0.481. The number of benzene rings is 1. The molecule has 0 unspecified atom stereocenters. The smallest absolute Gasteiger partial charge is 0.109 e. The highest BCUT2D eigenvalue weighted by Gasteiger charge is 2.18. The third kappa shape index (κ3) is 3.65. The van der Waals surface area contributed by atoms with Crippen molar-refractivity contribution in [2.24, 2.45) is 4.99 Å². The predicted molar refractivity (Wildman–Crippen MR) is 83.9 cm³/mol. The first-order valence-electron chi connectivity index (χ1n) is 6.11. The molecule has 102 valence electrons. The molecule has 1 fully saturated rings. The average Bonchev–Trinajstić information content (AvgIpc) is 2.70. The number of aliphatic imine (C=N–C) groups is 1. The first-order valence-corrected chi connectivity index (χ1v) is 7.24. The highest BCUT2D eigenvalue weighted by molar-refractivity contribution is 6.41. The van der Waals surface area contributed by atoms with E-state index in [4.69, 9.17) is 34.8 Å². The van der Waals surface area contributed by atoms with Crippen LogP contribution in [0.1, 0.15) is 26.7 Å². The molecule has 1 saturated heterocycles. The van der Waals surface area contributed by atoms with Crippen LogP contribution in [0.5, 0.6) is 0 Å². The van der Waals surface area contributed by atoms with Gasteiger partial charge in [0.1, 0.15) is 11.5 Å². The molecule has 1 aromatic carbocycles. The van der Waals surface area contributed by atoms with E-state index in [0.717, 1.165) is 25.2 Å². The fraction of sp³-hybridized carbons (Fsp3) is 0.357. The molecule has 0 radical (unpaired) electrons. The van der Waals surface area contributed by atoms with Crippen LogP contribution >= 0.6 is 34.8 Å². The van der Waals surface area contributed by atoms with Crippen molar-refractivity contribution in [2.45, 2.75) is 26.7 Å². The van der Waals surface area contributed by atoms with Crippen LogP contribution in [0.3, 0.4) is 0 Å². The molecule has 1 heterocycles. The van der Waals surface area contributed by atoms with Gasteiger partial charge < -0.3 is 4.90 Å². The average molecular weight is 318 g/mol. The van der Waals surface area contributed by atoms with E-state index in [1.165, 1.54) is 5.57 Å². The minimum absolute atomic E-state index is 0.481. The second kappa shape index (κ2) is 6.17. The maximum Gasteiger partial charge on any atom is 0.109 e. The summed E-state index contributed by atoms with van der Waals surface area (Å²) < 4.78 is 0. The number of rotatable bonds is 2. The zero-order valence-corrected chi connectivity index (χ0v) is 13.1.